The summed E-state index contributed by atoms with van der Waals surface area (Å²) in [5, 5.41) is 14.3. The standard InChI is InChI=1S/C18H20N4O3/c1-13-4-5-16(22(24)25)17(11-13)21-9-6-15(7-10-21)20-18(23)14-3-2-8-19-12-14/h2-5,8,11-12,15H,6-7,9-10H2,1H3,(H,20,23). The van der Waals surface area contributed by atoms with E-state index < -0.39 is 0 Å². The van der Waals surface area contributed by atoms with Crippen LogP contribution in [0.25, 0.3) is 0 Å². The number of anilines is 1. The molecule has 1 fully saturated rings. The van der Waals surface area contributed by atoms with E-state index in [2.05, 4.69) is 10.3 Å². The molecule has 130 valence electrons. The third kappa shape index (κ3) is 3.93. The molecule has 0 aliphatic carbocycles. The average Bonchev–Trinajstić information content (AvgIpc) is 2.62. The Morgan fingerprint density at radius 2 is 2.08 bits per heavy atom. The van der Waals surface area contributed by atoms with Crippen LogP contribution in [0.2, 0.25) is 0 Å². The number of amides is 1. The molecule has 1 aromatic heterocycles. The van der Waals surface area contributed by atoms with Crippen LogP contribution in [0.15, 0.2) is 42.7 Å². The highest BCUT2D eigenvalue weighted by atomic mass is 16.6. The lowest BCUT2D eigenvalue weighted by atomic mass is 10.0. The molecule has 1 saturated heterocycles. The fraction of sp³-hybridized carbons (Fsp3) is 0.333. The maximum Gasteiger partial charge on any atom is 0.292 e. The number of carbonyl (C=O) groups is 1. The second-order valence-corrected chi connectivity index (χ2v) is 6.23. The summed E-state index contributed by atoms with van der Waals surface area (Å²) >= 11 is 0. The van der Waals surface area contributed by atoms with Gasteiger partial charge in [0.05, 0.1) is 10.5 Å². The van der Waals surface area contributed by atoms with Crippen molar-refractivity contribution in [3.05, 3.63) is 64.0 Å². The van der Waals surface area contributed by atoms with Crippen LogP contribution in [0.4, 0.5) is 11.4 Å². The molecule has 0 unspecified atom stereocenters. The van der Waals surface area contributed by atoms with Crippen molar-refractivity contribution in [2.75, 3.05) is 18.0 Å². The third-order valence-corrected chi connectivity index (χ3v) is 4.42. The van der Waals surface area contributed by atoms with Crippen molar-refractivity contribution in [2.24, 2.45) is 0 Å². The second kappa shape index (κ2) is 7.29. The molecule has 0 saturated carbocycles. The molecule has 7 nitrogen and oxygen atoms in total. The zero-order chi connectivity index (χ0) is 17.8. The van der Waals surface area contributed by atoms with Crippen LogP contribution in [0.1, 0.15) is 28.8 Å². The number of benzene rings is 1. The first-order valence-corrected chi connectivity index (χ1v) is 8.25. The molecule has 2 heterocycles. The smallest absolute Gasteiger partial charge is 0.292 e. The van der Waals surface area contributed by atoms with Gasteiger partial charge < -0.3 is 10.2 Å². The zero-order valence-corrected chi connectivity index (χ0v) is 14.0. The van der Waals surface area contributed by atoms with E-state index in [1.54, 1.807) is 36.7 Å². The minimum atomic E-state index is -0.342. The number of hydrogen-bond donors (Lipinski definition) is 1. The number of piperidine rings is 1. The van der Waals surface area contributed by atoms with Gasteiger partial charge in [-0.2, -0.15) is 0 Å². The number of carbonyl (C=O) groups excluding carboxylic acids is 1. The molecule has 7 heteroatoms. The normalized spacial score (nSPS) is 15.0. The summed E-state index contributed by atoms with van der Waals surface area (Å²) in [7, 11) is 0. The second-order valence-electron chi connectivity index (χ2n) is 6.23. The van der Waals surface area contributed by atoms with E-state index in [9.17, 15) is 14.9 Å². The molecule has 3 rings (SSSR count). The van der Waals surface area contributed by atoms with Crippen LogP contribution < -0.4 is 10.2 Å². The molecule has 0 radical (unpaired) electrons. The largest absolute Gasteiger partial charge is 0.366 e. The number of rotatable bonds is 4. The SMILES string of the molecule is Cc1ccc([N+](=O)[O-])c(N2CCC(NC(=O)c3cccnc3)CC2)c1. The van der Waals surface area contributed by atoms with E-state index in [4.69, 9.17) is 0 Å². The van der Waals surface area contributed by atoms with Gasteiger partial charge in [0.25, 0.3) is 11.6 Å². The summed E-state index contributed by atoms with van der Waals surface area (Å²) in [6.45, 7) is 3.26. The van der Waals surface area contributed by atoms with Gasteiger partial charge in [0, 0.05) is 37.6 Å². The number of nitro benzene ring substituents is 1. The van der Waals surface area contributed by atoms with Gasteiger partial charge in [0.1, 0.15) is 5.69 Å². The summed E-state index contributed by atoms with van der Waals surface area (Å²) < 4.78 is 0. The Morgan fingerprint density at radius 3 is 2.72 bits per heavy atom. The monoisotopic (exact) mass is 340 g/mol. The quantitative estimate of drug-likeness (QED) is 0.683. The number of nitro groups is 1. The van der Waals surface area contributed by atoms with Gasteiger partial charge in [-0.1, -0.05) is 6.07 Å². The van der Waals surface area contributed by atoms with Gasteiger partial charge >= 0.3 is 0 Å². The van der Waals surface area contributed by atoms with Crippen LogP contribution in [-0.4, -0.2) is 34.9 Å². The minimum Gasteiger partial charge on any atom is -0.366 e. The van der Waals surface area contributed by atoms with Gasteiger partial charge in [-0.3, -0.25) is 19.9 Å². The van der Waals surface area contributed by atoms with Crippen molar-refractivity contribution in [2.45, 2.75) is 25.8 Å². The first-order chi connectivity index (χ1) is 12.0. The molecular weight excluding hydrogens is 320 g/mol. The average molecular weight is 340 g/mol. The van der Waals surface area contributed by atoms with Gasteiger partial charge in [0.2, 0.25) is 0 Å². The lowest BCUT2D eigenvalue weighted by molar-refractivity contribution is -0.384. The molecule has 1 N–H and O–H groups in total. The van der Waals surface area contributed by atoms with E-state index >= 15 is 0 Å². The fourth-order valence-electron chi connectivity index (χ4n) is 3.07. The van der Waals surface area contributed by atoms with Gasteiger partial charge in [0.15, 0.2) is 0 Å². The first-order valence-electron chi connectivity index (χ1n) is 8.25. The molecule has 1 amide bonds. The molecule has 1 aromatic carbocycles. The van der Waals surface area contributed by atoms with Crippen LogP contribution in [-0.2, 0) is 0 Å². The summed E-state index contributed by atoms with van der Waals surface area (Å²) in [6.07, 6.45) is 4.67. The molecule has 1 aliphatic rings. The molecular formula is C18H20N4O3. The number of aromatic nitrogens is 1. The van der Waals surface area contributed by atoms with Crippen molar-refractivity contribution < 1.29 is 9.72 Å². The summed E-state index contributed by atoms with van der Waals surface area (Å²) in [5.41, 5.74) is 2.32. The minimum absolute atomic E-state index is 0.0628. The van der Waals surface area contributed by atoms with Gasteiger partial charge in [-0.25, -0.2) is 0 Å². The van der Waals surface area contributed by atoms with Crippen molar-refractivity contribution in [1.29, 1.82) is 0 Å². The number of hydrogen-bond acceptors (Lipinski definition) is 5. The van der Waals surface area contributed by atoms with Crippen molar-refractivity contribution in [3.8, 4) is 0 Å². The molecule has 2 aromatic rings. The highest BCUT2D eigenvalue weighted by Crippen LogP contribution is 2.31. The van der Waals surface area contributed by atoms with Crippen molar-refractivity contribution in [1.82, 2.24) is 10.3 Å². The van der Waals surface area contributed by atoms with Crippen LogP contribution in [0.3, 0.4) is 0 Å². The highest BCUT2D eigenvalue weighted by Gasteiger charge is 2.25. The first kappa shape index (κ1) is 16.9. The van der Waals surface area contributed by atoms with Crippen LogP contribution in [0.5, 0.6) is 0 Å². The van der Waals surface area contributed by atoms with E-state index in [-0.39, 0.29) is 22.6 Å². The number of aryl methyl sites for hydroxylation is 1. The zero-order valence-electron chi connectivity index (χ0n) is 14.0. The molecule has 25 heavy (non-hydrogen) atoms. The lowest BCUT2D eigenvalue weighted by Crippen LogP contribution is -2.44. The molecule has 0 bridgehead atoms. The predicted molar refractivity (Wildman–Crippen MR) is 94.8 cm³/mol. The van der Waals surface area contributed by atoms with E-state index in [1.807, 2.05) is 17.9 Å². The Hall–Kier alpha value is -2.96. The van der Waals surface area contributed by atoms with Crippen molar-refractivity contribution >= 4 is 17.3 Å². The Labute approximate surface area is 145 Å². The highest BCUT2D eigenvalue weighted by molar-refractivity contribution is 5.94. The number of pyridine rings is 1. The molecule has 0 atom stereocenters. The maximum atomic E-state index is 12.2. The Morgan fingerprint density at radius 1 is 1.32 bits per heavy atom. The van der Waals surface area contributed by atoms with Crippen molar-refractivity contribution in [3.63, 3.8) is 0 Å². The molecule has 1 aliphatic heterocycles. The summed E-state index contributed by atoms with van der Waals surface area (Å²) in [6, 6.07) is 8.69. The Bertz CT molecular complexity index is 771. The van der Waals surface area contributed by atoms with E-state index in [1.165, 1.54) is 0 Å². The maximum absolute atomic E-state index is 12.2. The summed E-state index contributed by atoms with van der Waals surface area (Å²) in [5.74, 6) is -0.131. The molecule has 0 spiro atoms. The van der Waals surface area contributed by atoms with Gasteiger partial charge in [-0.05, 0) is 43.5 Å². The van der Waals surface area contributed by atoms with Crippen LogP contribution in [0, 0.1) is 17.0 Å². The van der Waals surface area contributed by atoms with E-state index in [0.29, 0.717) is 24.3 Å². The lowest BCUT2D eigenvalue weighted by Gasteiger charge is -2.33. The Balaban J connectivity index is 1.64. The summed E-state index contributed by atoms with van der Waals surface area (Å²) in [4.78, 5) is 29.1. The number of nitrogens with one attached hydrogen (secondary N) is 1. The number of nitrogens with zero attached hydrogens (tertiary/aromatic N) is 3. The van der Waals surface area contributed by atoms with Gasteiger partial charge in [-0.15, -0.1) is 0 Å². The van der Waals surface area contributed by atoms with Crippen LogP contribution >= 0.6 is 0 Å². The topological polar surface area (TPSA) is 88.4 Å². The van der Waals surface area contributed by atoms with E-state index in [0.717, 1.165) is 18.4 Å². The third-order valence-electron chi connectivity index (χ3n) is 4.42. The Kier molecular flexibility index (Phi) is 4.92. The predicted octanol–water partition coefficient (Wildman–Crippen LogP) is 2.70. The fourth-order valence-corrected chi connectivity index (χ4v) is 3.07.